The van der Waals surface area contributed by atoms with Gasteiger partial charge in [-0.1, -0.05) is 36.4 Å². The summed E-state index contributed by atoms with van der Waals surface area (Å²) >= 11 is 0. The van der Waals surface area contributed by atoms with Crippen molar-refractivity contribution in [3.63, 3.8) is 0 Å². The third kappa shape index (κ3) is 3.44. The molecule has 0 radical (unpaired) electrons. The van der Waals surface area contributed by atoms with Crippen LogP contribution in [0.15, 0.2) is 90.0 Å². The zero-order valence-electron chi connectivity index (χ0n) is 13.9. The molecule has 0 unspecified atom stereocenters. The lowest BCUT2D eigenvalue weighted by Crippen LogP contribution is -1.94. The number of anilines is 1. The highest BCUT2D eigenvalue weighted by Crippen LogP contribution is 2.24. The summed E-state index contributed by atoms with van der Waals surface area (Å²) in [6, 6.07) is 26.0. The van der Waals surface area contributed by atoms with Crippen molar-refractivity contribution in [3.05, 3.63) is 96.3 Å². The van der Waals surface area contributed by atoms with Crippen LogP contribution >= 0.6 is 0 Å². The number of nitrogens with zero attached hydrogens (tertiary/aromatic N) is 2. The van der Waals surface area contributed by atoms with Gasteiger partial charge in [0.25, 0.3) is 0 Å². The fourth-order valence-electron chi connectivity index (χ4n) is 2.77. The molecule has 1 heterocycles. The Bertz CT molecular complexity index is 1060. The molecule has 0 fully saturated rings. The van der Waals surface area contributed by atoms with E-state index in [-0.39, 0.29) is 5.82 Å². The summed E-state index contributed by atoms with van der Waals surface area (Å²) in [6.45, 7) is 0. The molecule has 0 amide bonds. The summed E-state index contributed by atoms with van der Waals surface area (Å²) in [7, 11) is 0. The number of hydrogen-bond donors (Lipinski definition) is 1. The Kier molecular flexibility index (Phi) is 4.39. The third-order valence-electron chi connectivity index (χ3n) is 4.06. The first-order valence-electron chi connectivity index (χ1n) is 8.29. The Morgan fingerprint density at radius 3 is 2.38 bits per heavy atom. The number of halogens is 1. The van der Waals surface area contributed by atoms with Crippen LogP contribution in [0.5, 0.6) is 0 Å². The Morgan fingerprint density at radius 1 is 0.846 bits per heavy atom. The first-order chi connectivity index (χ1) is 12.8. The van der Waals surface area contributed by atoms with Gasteiger partial charge in [0.15, 0.2) is 0 Å². The van der Waals surface area contributed by atoms with Crippen LogP contribution < -0.4 is 5.43 Å². The van der Waals surface area contributed by atoms with Crippen molar-refractivity contribution in [3.8, 4) is 11.3 Å². The topological polar surface area (TPSA) is 37.3 Å². The number of benzene rings is 3. The molecule has 0 aliphatic carbocycles. The number of nitrogens with one attached hydrogen (secondary N) is 1. The molecule has 0 bridgehead atoms. The van der Waals surface area contributed by atoms with Crippen molar-refractivity contribution in [2.75, 3.05) is 5.43 Å². The maximum atomic E-state index is 13.2. The highest BCUT2D eigenvalue weighted by molar-refractivity contribution is 6.00. The minimum absolute atomic E-state index is 0.261. The van der Waals surface area contributed by atoms with E-state index in [1.807, 2.05) is 60.7 Å². The molecule has 26 heavy (non-hydrogen) atoms. The van der Waals surface area contributed by atoms with E-state index in [1.54, 1.807) is 18.3 Å². The van der Waals surface area contributed by atoms with E-state index in [4.69, 9.17) is 4.98 Å². The molecule has 0 spiro atoms. The molecule has 3 nitrogen and oxygen atoms in total. The summed E-state index contributed by atoms with van der Waals surface area (Å²) in [5, 5.41) is 5.36. The molecule has 4 heteroatoms. The van der Waals surface area contributed by atoms with E-state index in [0.29, 0.717) is 0 Å². The number of pyridine rings is 1. The van der Waals surface area contributed by atoms with Crippen molar-refractivity contribution in [2.45, 2.75) is 0 Å². The molecule has 0 aliphatic heterocycles. The lowest BCUT2D eigenvalue weighted by atomic mass is 10.0. The van der Waals surface area contributed by atoms with Crippen molar-refractivity contribution < 1.29 is 4.39 Å². The standard InChI is InChI=1S/C22H16FN3/c23-18-12-10-16(11-13-18)22-14-17(20-8-4-5-9-21(20)25-22)15-24-26-19-6-2-1-3-7-19/h1-15,26H. The van der Waals surface area contributed by atoms with Crippen molar-refractivity contribution in [1.29, 1.82) is 0 Å². The van der Waals surface area contributed by atoms with Crippen molar-refractivity contribution in [2.24, 2.45) is 5.10 Å². The van der Waals surface area contributed by atoms with E-state index in [1.165, 1.54) is 12.1 Å². The number of para-hydroxylation sites is 2. The normalized spacial score (nSPS) is 11.1. The van der Waals surface area contributed by atoms with E-state index in [2.05, 4.69) is 10.5 Å². The van der Waals surface area contributed by atoms with Gasteiger partial charge < -0.3 is 0 Å². The second-order valence-corrected chi connectivity index (χ2v) is 5.86. The largest absolute Gasteiger partial charge is 0.279 e. The summed E-state index contributed by atoms with van der Waals surface area (Å²) in [5.74, 6) is -0.261. The molecule has 0 aliphatic rings. The van der Waals surface area contributed by atoms with Gasteiger partial charge in [0.2, 0.25) is 0 Å². The highest BCUT2D eigenvalue weighted by atomic mass is 19.1. The second kappa shape index (κ2) is 7.15. The van der Waals surface area contributed by atoms with E-state index in [0.717, 1.165) is 33.4 Å². The SMILES string of the molecule is Fc1ccc(-c2cc(C=NNc3ccccc3)c3ccccc3n2)cc1. The first kappa shape index (κ1) is 16.0. The van der Waals surface area contributed by atoms with Gasteiger partial charge in [-0.2, -0.15) is 5.10 Å². The lowest BCUT2D eigenvalue weighted by Gasteiger charge is -2.07. The molecule has 1 aromatic heterocycles. The molecule has 0 saturated carbocycles. The van der Waals surface area contributed by atoms with Gasteiger partial charge >= 0.3 is 0 Å². The van der Waals surface area contributed by atoms with E-state index in [9.17, 15) is 4.39 Å². The van der Waals surface area contributed by atoms with Crippen LogP contribution in [0, 0.1) is 5.82 Å². The number of hydrogen-bond acceptors (Lipinski definition) is 3. The molecule has 4 aromatic rings. The van der Waals surface area contributed by atoms with Crippen LogP contribution in [0.1, 0.15) is 5.56 Å². The number of aromatic nitrogens is 1. The predicted molar refractivity (Wildman–Crippen MR) is 105 cm³/mol. The van der Waals surface area contributed by atoms with E-state index < -0.39 is 0 Å². The monoisotopic (exact) mass is 341 g/mol. The summed E-state index contributed by atoms with van der Waals surface area (Å²) in [5.41, 5.74) is 7.40. The lowest BCUT2D eigenvalue weighted by molar-refractivity contribution is 0.628. The van der Waals surface area contributed by atoms with Gasteiger partial charge in [-0.3, -0.25) is 5.43 Å². The summed E-state index contributed by atoms with van der Waals surface area (Å²) < 4.78 is 13.2. The minimum Gasteiger partial charge on any atom is -0.279 e. The maximum absolute atomic E-state index is 13.2. The van der Waals surface area contributed by atoms with Gasteiger partial charge in [0, 0.05) is 16.5 Å². The van der Waals surface area contributed by atoms with Crippen LogP contribution in [-0.4, -0.2) is 11.2 Å². The molecule has 0 atom stereocenters. The molecule has 3 aromatic carbocycles. The predicted octanol–water partition coefficient (Wildman–Crippen LogP) is 5.49. The van der Waals surface area contributed by atoms with Gasteiger partial charge in [-0.25, -0.2) is 9.37 Å². The quantitative estimate of drug-likeness (QED) is 0.394. The molecule has 0 saturated heterocycles. The average molecular weight is 341 g/mol. The molecular formula is C22H16FN3. The van der Waals surface area contributed by atoms with Crippen LogP contribution in [0.3, 0.4) is 0 Å². The zero-order chi connectivity index (χ0) is 17.8. The van der Waals surface area contributed by atoms with Crippen LogP contribution in [0.25, 0.3) is 22.2 Å². The van der Waals surface area contributed by atoms with Gasteiger partial charge in [0.1, 0.15) is 5.82 Å². The maximum Gasteiger partial charge on any atom is 0.123 e. The number of hydrazone groups is 1. The third-order valence-corrected chi connectivity index (χ3v) is 4.06. The van der Waals surface area contributed by atoms with Crippen molar-refractivity contribution >= 4 is 22.8 Å². The molecule has 126 valence electrons. The fourth-order valence-corrected chi connectivity index (χ4v) is 2.77. The molecular weight excluding hydrogens is 325 g/mol. The van der Waals surface area contributed by atoms with Gasteiger partial charge in [-0.05, 0) is 48.5 Å². The van der Waals surface area contributed by atoms with Gasteiger partial charge in [-0.15, -0.1) is 0 Å². The minimum atomic E-state index is -0.261. The van der Waals surface area contributed by atoms with Crippen molar-refractivity contribution in [1.82, 2.24) is 4.98 Å². The Hall–Kier alpha value is -3.53. The molecule has 4 rings (SSSR count). The average Bonchev–Trinajstić information content (AvgIpc) is 2.69. The fraction of sp³-hybridized carbons (Fsp3) is 0. The number of fused-ring (bicyclic) bond motifs is 1. The Labute approximate surface area is 150 Å². The summed E-state index contributed by atoms with van der Waals surface area (Å²) in [6.07, 6.45) is 1.78. The Balaban J connectivity index is 1.73. The van der Waals surface area contributed by atoms with Gasteiger partial charge in [0.05, 0.1) is 23.1 Å². The summed E-state index contributed by atoms with van der Waals surface area (Å²) in [4.78, 5) is 4.70. The molecule has 1 N–H and O–H groups in total. The zero-order valence-corrected chi connectivity index (χ0v) is 13.9. The smallest absolute Gasteiger partial charge is 0.123 e. The van der Waals surface area contributed by atoms with Crippen LogP contribution in [-0.2, 0) is 0 Å². The number of rotatable bonds is 4. The van der Waals surface area contributed by atoms with Crippen LogP contribution in [0.4, 0.5) is 10.1 Å². The van der Waals surface area contributed by atoms with E-state index >= 15 is 0 Å². The highest BCUT2D eigenvalue weighted by Gasteiger charge is 2.06. The Morgan fingerprint density at radius 2 is 1.58 bits per heavy atom. The van der Waals surface area contributed by atoms with Crippen LogP contribution in [0.2, 0.25) is 0 Å². The first-order valence-corrected chi connectivity index (χ1v) is 8.29. The second-order valence-electron chi connectivity index (χ2n) is 5.86.